The van der Waals surface area contributed by atoms with Gasteiger partial charge < -0.3 is 10.5 Å². The van der Waals surface area contributed by atoms with Crippen LogP contribution in [0, 0.1) is 5.92 Å². The zero-order valence-electron chi connectivity index (χ0n) is 11.3. The van der Waals surface area contributed by atoms with E-state index in [1.807, 2.05) is 0 Å². The first kappa shape index (κ1) is 15.6. The smallest absolute Gasteiger partial charge is 0.416 e. The number of alkyl halides is 3. The van der Waals surface area contributed by atoms with Crippen LogP contribution in [-0.4, -0.2) is 18.7 Å². The van der Waals surface area contributed by atoms with E-state index in [1.54, 1.807) is 0 Å². The van der Waals surface area contributed by atoms with Crippen LogP contribution in [0.5, 0.6) is 0 Å². The molecule has 1 aliphatic rings. The minimum absolute atomic E-state index is 0.0529. The Morgan fingerprint density at radius 2 is 2.14 bits per heavy atom. The van der Waals surface area contributed by atoms with E-state index < -0.39 is 17.8 Å². The van der Waals surface area contributed by atoms with Gasteiger partial charge in [0.15, 0.2) is 0 Å². The molecule has 1 amide bonds. The second-order valence-corrected chi connectivity index (χ2v) is 5.07. The first-order chi connectivity index (χ1) is 9.90. The number of rotatable bonds is 3. The van der Waals surface area contributed by atoms with E-state index in [0.717, 1.165) is 31.4 Å². The van der Waals surface area contributed by atoms with Crippen molar-refractivity contribution in [3.05, 3.63) is 29.8 Å². The maximum atomic E-state index is 12.6. The van der Waals surface area contributed by atoms with Gasteiger partial charge in [0.1, 0.15) is 6.10 Å². The number of carbonyl (C=O) groups excluding carboxylic acids is 1. The SMILES string of the molecule is NCC1CCCC1OC(=O)Nc1cccc(C(F)(F)F)c1. The van der Waals surface area contributed by atoms with Gasteiger partial charge in [-0.25, -0.2) is 4.79 Å². The highest BCUT2D eigenvalue weighted by Gasteiger charge is 2.31. The summed E-state index contributed by atoms with van der Waals surface area (Å²) in [6, 6.07) is 4.43. The van der Waals surface area contributed by atoms with Gasteiger partial charge in [0.05, 0.1) is 5.56 Å². The maximum absolute atomic E-state index is 12.6. The van der Waals surface area contributed by atoms with E-state index in [9.17, 15) is 18.0 Å². The van der Waals surface area contributed by atoms with Crippen LogP contribution in [0.1, 0.15) is 24.8 Å². The molecule has 1 aromatic rings. The third-order valence-corrected chi connectivity index (χ3v) is 3.59. The number of ether oxygens (including phenoxy) is 1. The van der Waals surface area contributed by atoms with Crippen molar-refractivity contribution in [2.45, 2.75) is 31.5 Å². The molecule has 0 spiro atoms. The second kappa shape index (κ2) is 6.34. The predicted octanol–water partition coefficient (Wildman–Crippen LogP) is 3.38. The summed E-state index contributed by atoms with van der Waals surface area (Å²) in [5, 5.41) is 2.32. The lowest BCUT2D eigenvalue weighted by Crippen LogP contribution is -2.29. The summed E-state index contributed by atoms with van der Waals surface area (Å²) >= 11 is 0. The van der Waals surface area contributed by atoms with Gasteiger partial charge in [0.25, 0.3) is 0 Å². The lowest BCUT2D eigenvalue weighted by Gasteiger charge is -2.19. The fourth-order valence-electron chi connectivity index (χ4n) is 2.49. The highest BCUT2D eigenvalue weighted by Crippen LogP contribution is 2.31. The monoisotopic (exact) mass is 302 g/mol. The molecule has 2 rings (SSSR count). The molecule has 0 radical (unpaired) electrons. The predicted molar refractivity (Wildman–Crippen MR) is 71.7 cm³/mol. The van der Waals surface area contributed by atoms with Crippen LogP contribution in [0.3, 0.4) is 0 Å². The first-order valence-electron chi connectivity index (χ1n) is 6.75. The third kappa shape index (κ3) is 4.10. The Hall–Kier alpha value is -1.76. The molecule has 116 valence electrons. The molecule has 2 atom stereocenters. The van der Waals surface area contributed by atoms with Crippen LogP contribution in [0.4, 0.5) is 23.7 Å². The summed E-state index contributed by atoms with van der Waals surface area (Å²) in [5.74, 6) is 0.122. The van der Waals surface area contributed by atoms with Gasteiger partial charge in [0.2, 0.25) is 0 Å². The fourth-order valence-corrected chi connectivity index (χ4v) is 2.49. The van der Waals surface area contributed by atoms with E-state index in [0.29, 0.717) is 6.54 Å². The number of carbonyl (C=O) groups is 1. The molecular weight excluding hydrogens is 285 g/mol. The number of nitrogens with two attached hydrogens (primary N) is 1. The summed E-state index contributed by atoms with van der Waals surface area (Å²) in [6.07, 6.45) is -2.89. The van der Waals surface area contributed by atoms with Crippen molar-refractivity contribution in [1.82, 2.24) is 0 Å². The lowest BCUT2D eigenvalue weighted by atomic mass is 10.1. The van der Waals surface area contributed by atoms with Gasteiger partial charge in [-0.3, -0.25) is 5.32 Å². The molecule has 0 heterocycles. The number of nitrogens with one attached hydrogen (secondary N) is 1. The zero-order valence-corrected chi connectivity index (χ0v) is 11.3. The minimum atomic E-state index is -4.45. The van der Waals surface area contributed by atoms with Crippen molar-refractivity contribution < 1.29 is 22.7 Å². The average Bonchev–Trinajstić information content (AvgIpc) is 2.85. The highest BCUT2D eigenvalue weighted by molar-refractivity contribution is 5.84. The molecule has 1 fully saturated rings. The van der Waals surface area contributed by atoms with Crippen molar-refractivity contribution in [1.29, 1.82) is 0 Å². The summed E-state index contributed by atoms with van der Waals surface area (Å²) in [4.78, 5) is 11.7. The molecule has 7 heteroatoms. The number of anilines is 1. The molecule has 0 aliphatic heterocycles. The normalized spacial score (nSPS) is 22.1. The Morgan fingerprint density at radius 1 is 1.38 bits per heavy atom. The third-order valence-electron chi connectivity index (χ3n) is 3.59. The van der Waals surface area contributed by atoms with E-state index in [-0.39, 0.29) is 17.7 Å². The van der Waals surface area contributed by atoms with Crippen molar-refractivity contribution >= 4 is 11.8 Å². The van der Waals surface area contributed by atoms with Crippen LogP contribution in [-0.2, 0) is 10.9 Å². The first-order valence-corrected chi connectivity index (χ1v) is 6.75. The molecule has 0 aromatic heterocycles. The summed E-state index contributed by atoms with van der Waals surface area (Å²) in [7, 11) is 0. The number of amides is 1. The quantitative estimate of drug-likeness (QED) is 0.899. The Morgan fingerprint density at radius 3 is 2.81 bits per heavy atom. The van der Waals surface area contributed by atoms with Crippen LogP contribution in [0.25, 0.3) is 0 Å². The molecule has 0 saturated heterocycles. The van der Waals surface area contributed by atoms with Gasteiger partial charge in [-0.1, -0.05) is 6.07 Å². The number of halogens is 3. The lowest BCUT2D eigenvalue weighted by molar-refractivity contribution is -0.137. The Bertz CT molecular complexity index is 505. The molecule has 21 heavy (non-hydrogen) atoms. The Kier molecular flexibility index (Phi) is 4.72. The van der Waals surface area contributed by atoms with Crippen LogP contribution >= 0.6 is 0 Å². The average molecular weight is 302 g/mol. The van der Waals surface area contributed by atoms with Gasteiger partial charge in [-0.05, 0) is 44.0 Å². The Labute approximate surface area is 120 Å². The Balaban J connectivity index is 1.97. The summed E-state index contributed by atoms with van der Waals surface area (Å²) in [6.45, 7) is 0.432. The van der Waals surface area contributed by atoms with Gasteiger partial charge >= 0.3 is 12.3 Å². The maximum Gasteiger partial charge on any atom is 0.416 e. The molecule has 1 aliphatic carbocycles. The van der Waals surface area contributed by atoms with E-state index >= 15 is 0 Å². The molecule has 1 aromatic carbocycles. The van der Waals surface area contributed by atoms with Crippen LogP contribution < -0.4 is 11.1 Å². The second-order valence-electron chi connectivity index (χ2n) is 5.07. The molecule has 0 bridgehead atoms. The summed E-state index contributed by atoms with van der Waals surface area (Å²) in [5.41, 5.74) is 4.82. The van der Waals surface area contributed by atoms with Crippen molar-refractivity contribution in [3.8, 4) is 0 Å². The van der Waals surface area contributed by atoms with Crippen molar-refractivity contribution in [3.63, 3.8) is 0 Å². The molecule has 1 saturated carbocycles. The van der Waals surface area contributed by atoms with Gasteiger partial charge in [0, 0.05) is 11.6 Å². The minimum Gasteiger partial charge on any atom is -0.446 e. The van der Waals surface area contributed by atoms with E-state index in [1.165, 1.54) is 12.1 Å². The molecular formula is C14H17F3N2O2. The zero-order chi connectivity index (χ0) is 15.5. The molecule has 3 N–H and O–H groups in total. The van der Waals surface area contributed by atoms with Gasteiger partial charge in [-0.2, -0.15) is 13.2 Å². The largest absolute Gasteiger partial charge is 0.446 e. The van der Waals surface area contributed by atoms with Crippen LogP contribution in [0.15, 0.2) is 24.3 Å². The van der Waals surface area contributed by atoms with Crippen LogP contribution in [0.2, 0.25) is 0 Å². The van der Waals surface area contributed by atoms with Gasteiger partial charge in [-0.15, -0.1) is 0 Å². The molecule has 4 nitrogen and oxygen atoms in total. The standard InChI is InChI=1S/C14H17F3N2O2/c15-14(16,17)10-4-2-5-11(7-10)19-13(20)21-12-6-1-3-9(12)8-18/h2,4-5,7,9,12H,1,3,6,8,18H2,(H,19,20). The van der Waals surface area contributed by atoms with E-state index in [2.05, 4.69) is 5.32 Å². The number of benzene rings is 1. The number of hydrogen-bond donors (Lipinski definition) is 2. The van der Waals surface area contributed by atoms with E-state index in [4.69, 9.17) is 10.5 Å². The highest BCUT2D eigenvalue weighted by atomic mass is 19.4. The molecule has 2 unspecified atom stereocenters. The topological polar surface area (TPSA) is 64.3 Å². The van der Waals surface area contributed by atoms with Crippen molar-refractivity contribution in [2.75, 3.05) is 11.9 Å². The fraction of sp³-hybridized carbons (Fsp3) is 0.500. The summed E-state index contributed by atoms with van der Waals surface area (Å²) < 4.78 is 42.9. The van der Waals surface area contributed by atoms with Crippen molar-refractivity contribution in [2.24, 2.45) is 11.7 Å². The number of hydrogen-bond acceptors (Lipinski definition) is 3.